The summed E-state index contributed by atoms with van der Waals surface area (Å²) < 4.78 is 11.7. The number of anilines is 1. The summed E-state index contributed by atoms with van der Waals surface area (Å²) in [6.45, 7) is 3.41. The third kappa shape index (κ3) is 2.70. The Hall–Kier alpha value is -1.81. The second-order valence-electron chi connectivity index (χ2n) is 5.32. The molecule has 2 N–H and O–H groups in total. The lowest BCUT2D eigenvalue weighted by molar-refractivity contribution is -0.0107. The van der Waals surface area contributed by atoms with Gasteiger partial charge in [0.05, 0.1) is 6.10 Å². The molecule has 0 aliphatic carbocycles. The number of ether oxygens (including phenoxy) is 2. The van der Waals surface area contributed by atoms with Crippen LogP contribution in [0, 0.1) is 6.92 Å². The summed E-state index contributed by atoms with van der Waals surface area (Å²) in [7, 11) is 0. The molecule has 1 aromatic carbocycles. The molecule has 1 aliphatic heterocycles. The number of aromatic nitrogens is 1. The average molecular weight is 272 g/mol. The molecule has 106 valence electrons. The van der Waals surface area contributed by atoms with E-state index < -0.39 is 0 Å². The first kappa shape index (κ1) is 13.2. The van der Waals surface area contributed by atoms with Crippen molar-refractivity contribution < 1.29 is 9.47 Å². The number of benzene rings is 1. The van der Waals surface area contributed by atoms with Crippen molar-refractivity contribution in [2.75, 3.05) is 18.9 Å². The van der Waals surface area contributed by atoms with Gasteiger partial charge in [0.1, 0.15) is 12.4 Å². The van der Waals surface area contributed by atoms with Crippen molar-refractivity contribution in [1.29, 1.82) is 0 Å². The second kappa shape index (κ2) is 5.67. The van der Waals surface area contributed by atoms with Crippen LogP contribution in [0.1, 0.15) is 25.0 Å². The first-order valence-corrected chi connectivity index (χ1v) is 7.13. The van der Waals surface area contributed by atoms with Gasteiger partial charge in [0.25, 0.3) is 0 Å². The predicted octanol–water partition coefficient (Wildman–Crippen LogP) is 3.07. The van der Waals surface area contributed by atoms with E-state index in [0.717, 1.165) is 47.4 Å². The van der Waals surface area contributed by atoms with Crippen LogP contribution in [0.4, 0.5) is 5.69 Å². The Morgan fingerprint density at radius 2 is 2.25 bits per heavy atom. The third-order valence-electron chi connectivity index (χ3n) is 3.73. The minimum absolute atomic E-state index is 0.208. The summed E-state index contributed by atoms with van der Waals surface area (Å²) in [6, 6.07) is 5.82. The molecule has 1 unspecified atom stereocenters. The predicted molar refractivity (Wildman–Crippen MR) is 80.0 cm³/mol. The monoisotopic (exact) mass is 272 g/mol. The van der Waals surface area contributed by atoms with Crippen LogP contribution in [0.3, 0.4) is 0 Å². The number of pyridine rings is 1. The number of hydrogen-bond acceptors (Lipinski definition) is 4. The number of aryl methyl sites for hydroxylation is 1. The van der Waals surface area contributed by atoms with E-state index in [1.807, 2.05) is 31.3 Å². The van der Waals surface area contributed by atoms with Crippen LogP contribution in [0.15, 0.2) is 24.4 Å². The number of nitrogens with two attached hydrogens (primary N) is 1. The van der Waals surface area contributed by atoms with Crippen molar-refractivity contribution in [1.82, 2.24) is 4.98 Å². The van der Waals surface area contributed by atoms with Crippen LogP contribution in [0.2, 0.25) is 0 Å². The van der Waals surface area contributed by atoms with Gasteiger partial charge in [0.15, 0.2) is 0 Å². The summed E-state index contributed by atoms with van der Waals surface area (Å²) in [5.41, 5.74) is 7.68. The molecule has 4 nitrogen and oxygen atoms in total. The lowest BCUT2D eigenvalue weighted by atomic mass is 10.1. The molecule has 0 bridgehead atoms. The fourth-order valence-corrected chi connectivity index (χ4v) is 2.59. The van der Waals surface area contributed by atoms with E-state index in [4.69, 9.17) is 15.2 Å². The van der Waals surface area contributed by atoms with E-state index in [0.29, 0.717) is 6.61 Å². The van der Waals surface area contributed by atoms with E-state index in [-0.39, 0.29) is 6.10 Å². The van der Waals surface area contributed by atoms with Crippen molar-refractivity contribution in [3.8, 4) is 5.75 Å². The van der Waals surface area contributed by atoms with Gasteiger partial charge in [-0.1, -0.05) is 0 Å². The molecule has 1 atom stereocenters. The highest BCUT2D eigenvalue weighted by Gasteiger charge is 2.15. The number of nitrogen functional groups attached to an aromatic ring is 1. The topological polar surface area (TPSA) is 57.4 Å². The maximum atomic E-state index is 5.99. The van der Waals surface area contributed by atoms with E-state index in [1.54, 1.807) is 0 Å². The van der Waals surface area contributed by atoms with Crippen LogP contribution in [-0.2, 0) is 4.74 Å². The number of nitrogens with zero attached hydrogens (tertiary/aromatic N) is 1. The maximum Gasteiger partial charge on any atom is 0.127 e. The van der Waals surface area contributed by atoms with Gasteiger partial charge < -0.3 is 15.2 Å². The molecule has 20 heavy (non-hydrogen) atoms. The molecule has 2 heterocycles. The fourth-order valence-electron chi connectivity index (χ4n) is 2.59. The standard InChI is InChI=1S/C16H20N2O2/c1-11-8-13-14(9-18-11)15(17)5-6-16(13)20-10-12-4-2-3-7-19-12/h5-6,8-9,12H,2-4,7,10,17H2,1H3. The number of rotatable bonds is 3. The Morgan fingerprint density at radius 1 is 1.35 bits per heavy atom. The summed E-state index contributed by atoms with van der Waals surface area (Å²) in [6.07, 6.45) is 5.47. The molecule has 1 saturated heterocycles. The van der Waals surface area contributed by atoms with E-state index >= 15 is 0 Å². The molecule has 1 aliphatic rings. The van der Waals surface area contributed by atoms with E-state index in [2.05, 4.69) is 4.98 Å². The molecule has 1 aromatic heterocycles. The average Bonchev–Trinajstić information content (AvgIpc) is 2.47. The Kier molecular flexibility index (Phi) is 3.74. The molecule has 2 aromatic rings. The Morgan fingerprint density at radius 3 is 3.05 bits per heavy atom. The third-order valence-corrected chi connectivity index (χ3v) is 3.73. The van der Waals surface area contributed by atoms with Crippen LogP contribution in [0.5, 0.6) is 5.75 Å². The molecule has 0 spiro atoms. The van der Waals surface area contributed by atoms with Crippen molar-refractivity contribution in [3.05, 3.63) is 30.1 Å². The normalized spacial score (nSPS) is 19.1. The Labute approximate surface area is 118 Å². The minimum Gasteiger partial charge on any atom is -0.490 e. The zero-order chi connectivity index (χ0) is 13.9. The second-order valence-corrected chi connectivity index (χ2v) is 5.32. The highest BCUT2D eigenvalue weighted by atomic mass is 16.5. The van der Waals surface area contributed by atoms with Gasteiger partial charge in [-0.2, -0.15) is 0 Å². The van der Waals surface area contributed by atoms with Crippen molar-refractivity contribution in [3.63, 3.8) is 0 Å². The van der Waals surface area contributed by atoms with Crippen molar-refractivity contribution >= 4 is 16.5 Å². The summed E-state index contributed by atoms with van der Waals surface area (Å²) in [4.78, 5) is 4.30. The van der Waals surface area contributed by atoms with Crippen LogP contribution in [-0.4, -0.2) is 24.3 Å². The Bertz CT molecular complexity index is 607. The molecular weight excluding hydrogens is 252 g/mol. The van der Waals surface area contributed by atoms with E-state index in [9.17, 15) is 0 Å². The lowest BCUT2D eigenvalue weighted by Gasteiger charge is -2.23. The van der Waals surface area contributed by atoms with Crippen molar-refractivity contribution in [2.24, 2.45) is 0 Å². The fraction of sp³-hybridized carbons (Fsp3) is 0.438. The lowest BCUT2D eigenvalue weighted by Crippen LogP contribution is -2.25. The van der Waals surface area contributed by atoms with Crippen LogP contribution in [0.25, 0.3) is 10.8 Å². The minimum atomic E-state index is 0.208. The quantitative estimate of drug-likeness (QED) is 0.872. The Balaban J connectivity index is 1.83. The maximum absolute atomic E-state index is 5.99. The SMILES string of the molecule is Cc1cc2c(OCC3CCCCO3)ccc(N)c2cn1. The summed E-state index contributed by atoms with van der Waals surface area (Å²) >= 11 is 0. The molecule has 3 rings (SSSR count). The van der Waals surface area contributed by atoms with Gasteiger partial charge in [0, 0.05) is 35.0 Å². The highest BCUT2D eigenvalue weighted by Crippen LogP contribution is 2.30. The molecule has 4 heteroatoms. The van der Waals surface area contributed by atoms with Gasteiger partial charge >= 0.3 is 0 Å². The zero-order valence-corrected chi connectivity index (χ0v) is 11.8. The first-order chi connectivity index (χ1) is 9.74. The largest absolute Gasteiger partial charge is 0.490 e. The van der Waals surface area contributed by atoms with Crippen molar-refractivity contribution in [2.45, 2.75) is 32.3 Å². The molecule has 1 fully saturated rings. The van der Waals surface area contributed by atoms with Gasteiger partial charge in [-0.15, -0.1) is 0 Å². The first-order valence-electron chi connectivity index (χ1n) is 7.13. The van der Waals surface area contributed by atoms with Crippen LogP contribution >= 0.6 is 0 Å². The van der Waals surface area contributed by atoms with Gasteiger partial charge in [-0.05, 0) is 44.4 Å². The number of hydrogen-bond donors (Lipinski definition) is 1. The van der Waals surface area contributed by atoms with E-state index in [1.165, 1.54) is 6.42 Å². The van der Waals surface area contributed by atoms with Gasteiger partial charge in [-0.25, -0.2) is 0 Å². The summed E-state index contributed by atoms with van der Waals surface area (Å²) in [5, 5.41) is 1.96. The molecule has 0 amide bonds. The molecule has 0 radical (unpaired) electrons. The summed E-state index contributed by atoms with van der Waals surface area (Å²) in [5.74, 6) is 0.855. The van der Waals surface area contributed by atoms with Gasteiger partial charge in [-0.3, -0.25) is 4.98 Å². The highest BCUT2D eigenvalue weighted by molar-refractivity contribution is 5.96. The molecule has 0 saturated carbocycles. The smallest absolute Gasteiger partial charge is 0.127 e. The molecular formula is C16H20N2O2. The van der Waals surface area contributed by atoms with Gasteiger partial charge in [0.2, 0.25) is 0 Å². The number of fused-ring (bicyclic) bond motifs is 1. The van der Waals surface area contributed by atoms with Crippen LogP contribution < -0.4 is 10.5 Å². The zero-order valence-electron chi connectivity index (χ0n) is 11.8.